The summed E-state index contributed by atoms with van der Waals surface area (Å²) in [6.07, 6.45) is -4.38. The summed E-state index contributed by atoms with van der Waals surface area (Å²) >= 11 is 0. The summed E-state index contributed by atoms with van der Waals surface area (Å²) in [6, 6.07) is 12.7. The van der Waals surface area contributed by atoms with Crippen LogP contribution in [-0.2, 0) is 6.18 Å². The van der Waals surface area contributed by atoms with Crippen LogP contribution in [0.25, 0.3) is 0 Å². The summed E-state index contributed by atoms with van der Waals surface area (Å²) in [6.45, 7) is 0. The molecule has 2 rings (SSSR count). The van der Waals surface area contributed by atoms with E-state index < -0.39 is 11.7 Å². The number of benzene rings is 2. The molecule has 5 heteroatoms. The van der Waals surface area contributed by atoms with Crippen molar-refractivity contribution in [2.24, 2.45) is 0 Å². The van der Waals surface area contributed by atoms with E-state index in [1.165, 1.54) is 6.07 Å². The fourth-order valence-corrected chi connectivity index (χ4v) is 1.47. The molecule has 0 bridgehead atoms. The molecule has 2 aromatic rings. The number of nitrogens with one attached hydrogen (secondary N) is 1. The molecular formula is C13H10F3N2. The largest absolute Gasteiger partial charge is 0.416 e. The van der Waals surface area contributed by atoms with E-state index in [-0.39, 0.29) is 0 Å². The summed E-state index contributed by atoms with van der Waals surface area (Å²) < 4.78 is 37.5. The van der Waals surface area contributed by atoms with E-state index in [2.05, 4.69) is 11.4 Å². The van der Waals surface area contributed by atoms with Crippen LogP contribution < -0.4 is 11.1 Å². The highest BCUT2D eigenvalue weighted by atomic mass is 19.4. The lowest BCUT2D eigenvalue weighted by molar-refractivity contribution is -0.137. The topological polar surface area (TPSA) is 38.0 Å². The summed E-state index contributed by atoms with van der Waals surface area (Å²) in [5, 5.41) is 2.83. The Labute approximate surface area is 102 Å². The average Bonchev–Trinajstić information content (AvgIpc) is 2.31. The third-order valence-corrected chi connectivity index (χ3v) is 2.36. The molecule has 0 heterocycles. The van der Waals surface area contributed by atoms with E-state index in [1.54, 1.807) is 24.3 Å². The highest BCUT2D eigenvalue weighted by Crippen LogP contribution is 2.31. The predicted octanol–water partition coefficient (Wildman–Crippen LogP) is 3.83. The quantitative estimate of drug-likeness (QED) is 0.796. The fraction of sp³-hybridized carbons (Fsp3) is 0.0769. The number of anilines is 3. The summed E-state index contributed by atoms with van der Waals surface area (Å²) in [5.74, 6) is 0. The van der Waals surface area contributed by atoms with Gasteiger partial charge in [-0.25, -0.2) is 0 Å². The number of hydrogen-bond donors (Lipinski definition) is 2. The molecule has 18 heavy (non-hydrogen) atoms. The first kappa shape index (κ1) is 12.3. The molecule has 0 aliphatic heterocycles. The predicted molar refractivity (Wildman–Crippen MR) is 64.4 cm³/mol. The lowest BCUT2D eigenvalue weighted by Crippen LogP contribution is -2.05. The second-order valence-electron chi connectivity index (χ2n) is 3.72. The molecule has 2 aromatic carbocycles. The third kappa shape index (κ3) is 2.74. The van der Waals surface area contributed by atoms with Gasteiger partial charge in [-0.2, -0.15) is 13.2 Å². The van der Waals surface area contributed by atoms with Gasteiger partial charge in [0.05, 0.1) is 16.9 Å². The molecule has 0 aliphatic rings. The Morgan fingerprint density at radius 3 is 2.50 bits per heavy atom. The van der Waals surface area contributed by atoms with Gasteiger partial charge < -0.3 is 11.1 Å². The first-order valence-electron chi connectivity index (χ1n) is 5.17. The van der Waals surface area contributed by atoms with Crippen molar-refractivity contribution in [3.8, 4) is 0 Å². The number of nitrogens with two attached hydrogens (primary N) is 1. The van der Waals surface area contributed by atoms with Crippen molar-refractivity contribution < 1.29 is 13.2 Å². The van der Waals surface area contributed by atoms with E-state index in [0.717, 1.165) is 12.1 Å². The van der Waals surface area contributed by atoms with Crippen molar-refractivity contribution >= 4 is 17.1 Å². The second-order valence-corrected chi connectivity index (χ2v) is 3.72. The SMILES string of the molecule is Nc1ccccc1Nc1c[c]cc(C(F)(F)F)c1. The highest BCUT2D eigenvalue weighted by molar-refractivity contribution is 5.72. The van der Waals surface area contributed by atoms with E-state index in [9.17, 15) is 13.2 Å². The van der Waals surface area contributed by atoms with Gasteiger partial charge in [0.15, 0.2) is 0 Å². The van der Waals surface area contributed by atoms with E-state index in [4.69, 9.17) is 5.73 Å². The standard InChI is InChI=1S/C13H10F3N2/c14-13(15,16)9-4-3-5-10(8-9)18-12-7-2-1-6-11(12)17/h1-2,4-8,18H,17H2. The molecule has 2 nitrogen and oxygen atoms in total. The minimum absolute atomic E-state index is 0.294. The van der Waals surface area contributed by atoms with Gasteiger partial charge in [-0.3, -0.25) is 0 Å². The maximum atomic E-state index is 12.5. The minimum atomic E-state index is -4.38. The Morgan fingerprint density at radius 2 is 1.83 bits per heavy atom. The lowest BCUT2D eigenvalue weighted by atomic mass is 10.2. The molecule has 0 aromatic heterocycles. The highest BCUT2D eigenvalue weighted by Gasteiger charge is 2.30. The van der Waals surface area contributed by atoms with Gasteiger partial charge in [-0.15, -0.1) is 0 Å². The van der Waals surface area contributed by atoms with Crippen LogP contribution in [-0.4, -0.2) is 0 Å². The Balaban J connectivity index is 2.28. The molecule has 3 N–H and O–H groups in total. The Hall–Kier alpha value is -2.17. The molecule has 0 fully saturated rings. The molecule has 0 amide bonds. The maximum absolute atomic E-state index is 12.5. The summed E-state index contributed by atoms with van der Waals surface area (Å²) in [4.78, 5) is 0. The van der Waals surface area contributed by atoms with E-state index >= 15 is 0 Å². The average molecular weight is 251 g/mol. The second kappa shape index (κ2) is 4.60. The molecular weight excluding hydrogens is 241 g/mol. The number of rotatable bonds is 2. The van der Waals surface area contributed by atoms with E-state index in [0.29, 0.717) is 17.1 Å². The zero-order valence-electron chi connectivity index (χ0n) is 9.25. The minimum Gasteiger partial charge on any atom is -0.397 e. The summed E-state index contributed by atoms with van der Waals surface area (Å²) in [7, 11) is 0. The number of hydrogen-bond acceptors (Lipinski definition) is 2. The Bertz CT molecular complexity index is 550. The van der Waals surface area contributed by atoms with Crippen LogP contribution in [0.5, 0.6) is 0 Å². The van der Waals surface area contributed by atoms with E-state index in [1.807, 2.05) is 0 Å². The first-order valence-corrected chi connectivity index (χ1v) is 5.17. The smallest absolute Gasteiger partial charge is 0.397 e. The number of halogens is 3. The molecule has 93 valence electrons. The van der Waals surface area contributed by atoms with Gasteiger partial charge >= 0.3 is 6.18 Å². The molecule has 0 spiro atoms. The fourth-order valence-electron chi connectivity index (χ4n) is 1.47. The Kier molecular flexibility index (Phi) is 3.14. The number of nitrogen functional groups attached to an aromatic ring is 1. The van der Waals surface area contributed by atoms with Crippen LogP contribution >= 0.6 is 0 Å². The number of para-hydroxylation sites is 2. The normalized spacial score (nSPS) is 11.3. The lowest BCUT2D eigenvalue weighted by Gasteiger charge is -2.11. The molecule has 0 unspecified atom stereocenters. The zero-order chi connectivity index (χ0) is 13.2. The summed E-state index contributed by atoms with van der Waals surface area (Å²) in [5.41, 5.74) is 6.27. The van der Waals surface area contributed by atoms with Crippen molar-refractivity contribution in [3.63, 3.8) is 0 Å². The zero-order valence-corrected chi connectivity index (χ0v) is 9.25. The van der Waals surface area contributed by atoms with Gasteiger partial charge in [-0.1, -0.05) is 12.1 Å². The van der Waals surface area contributed by atoms with Crippen LogP contribution in [0.15, 0.2) is 42.5 Å². The molecule has 0 atom stereocenters. The van der Waals surface area contributed by atoms with Crippen molar-refractivity contribution in [1.82, 2.24) is 0 Å². The molecule has 0 saturated heterocycles. The van der Waals surface area contributed by atoms with Gasteiger partial charge in [0.25, 0.3) is 0 Å². The van der Waals surface area contributed by atoms with Crippen LogP contribution in [0.3, 0.4) is 0 Å². The molecule has 0 saturated carbocycles. The van der Waals surface area contributed by atoms with Gasteiger partial charge in [0, 0.05) is 5.69 Å². The van der Waals surface area contributed by atoms with Crippen molar-refractivity contribution in [3.05, 3.63) is 54.1 Å². The van der Waals surface area contributed by atoms with Gasteiger partial charge in [-0.05, 0) is 36.4 Å². The Morgan fingerprint density at radius 1 is 1.11 bits per heavy atom. The van der Waals surface area contributed by atoms with Crippen molar-refractivity contribution in [1.29, 1.82) is 0 Å². The molecule has 1 radical (unpaired) electrons. The van der Waals surface area contributed by atoms with Crippen molar-refractivity contribution in [2.45, 2.75) is 6.18 Å². The monoisotopic (exact) mass is 251 g/mol. The number of alkyl halides is 3. The maximum Gasteiger partial charge on any atom is 0.416 e. The van der Waals surface area contributed by atoms with Crippen LogP contribution in [0.2, 0.25) is 0 Å². The third-order valence-electron chi connectivity index (χ3n) is 2.36. The van der Waals surface area contributed by atoms with Gasteiger partial charge in [0.2, 0.25) is 0 Å². The van der Waals surface area contributed by atoms with Crippen LogP contribution in [0.4, 0.5) is 30.2 Å². The molecule has 0 aliphatic carbocycles. The van der Waals surface area contributed by atoms with Crippen molar-refractivity contribution in [2.75, 3.05) is 11.1 Å². The first-order chi connectivity index (χ1) is 8.47. The van der Waals surface area contributed by atoms with Crippen LogP contribution in [0, 0.1) is 6.07 Å². The van der Waals surface area contributed by atoms with Crippen LogP contribution in [0.1, 0.15) is 5.56 Å². The van der Waals surface area contributed by atoms with Gasteiger partial charge in [0.1, 0.15) is 0 Å².